The first kappa shape index (κ1) is 20.6. The van der Waals surface area contributed by atoms with Crippen molar-refractivity contribution < 1.29 is 29.5 Å². The molecule has 146 valence electrons. The average molecular weight is 385 g/mol. The molecule has 1 amide bonds. The summed E-state index contributed by atoms with van der Waals surface area (Å²) in [5, 5.41) is 34.2. The molecular weight excluding hydrogens is 368 g/mol. The van der Waals surface area contributed by atoms with Crippen LogP contribution in [0.4, 0.5) is 5.69 Å². The lowest BCUT2D eigenvalue weighted by Gasteiger charge is -2.35. The summed E-state index contributed by atoms with van der Waals surface area (Å²) < 4.78 is 0. The van der Waals surface area contributed by atoms with E-state index < -0.39 is 28.3 Å². The van der Waals surface area contributed by atoms with Crippen LogP contribution in [0.2, 0.25) is 0 Å². The molecule has 0 unspecified atom stereocenters. The van der Waals surface area contributed by atoms with Crippen molar-refractivity contribution in [2.24, 2.45) is 0 Å². The SMILES string of the molecule is CC[C@@](Cc1ccc([N+](=O)[O-])cc1)(NC(=O)c1ccccc1C(=O)O)C(=O)[O-]. The Morgan fingerprint density at radius 1 is 1.07 bits per heavy atom. The highest BCUT2D eigenvalue weighted by atomic mass is 16.6. The molecule has 0 radical (unpaired) electrons. The Morgan fingerprint density at radius 2 is 1.64 bits per heavy atom. The molecule has 28 heavy (non-hydrogen) atoms. The zero-order chi connectivity index (χ0) is 20.9. The molecule has 2 N–H and O–H groups in total. The first-order chi connectivity index (χ1) is 13.2. The number of aromatic carboxylic acids is 1. The van der Waals surface area contributed by atoms with E-state index in [1.807, 2.05) is 0 Å². The van der Waals surface area contributed by atoms with Gasteiger partial charge in [-0.3, -0.25) is 14.9 Å². The van der Waals surface area contributed by atoms with Crippen LogP contribution in [0.3, 0.4) is 0 Å². The third kappa shape index (κ3) is 4.32. The maximum atomic E-state index is 12.6. The van der Waals surface area contributed by atoms with Crippen molar-refractivity contribution in [1.82, 2.24) is 5.32 Å². The standard InChI is InChI=1S/C19H18N2O7/c1-2-19(18(25)26,11-12-7-9-13(10-8-12)21(27)28)20-16(22)14-5-3-4-6-15(14)17(23)24/h3-10H,2,11H2,1H3,(H,20,22)(H,23,24)(H,25,26)/p-1/t19-/m0/s1. The van der Waals surface area contributed by atoms with Gasteiger partial charge in [0.25, 0.3) is 11.6 Å². The Balaban J connectivity index is 2.35. The molecule has 2 aromatic rings. The van der Waals surface area contributed by atoms with Crippen LogP contribution in [0.5, 0.6) is 0 Å². The highest BCUT2D eigenvalue weighted by Gasteiger charge is 2.33. The molecule has 9 heteroatoms. The summed E-state index contributed by atoms with van der Waals surface area (Å²) in [4.78, 5) is 46.0. The minimum atomic E-state index is -1.82. The van der Waals surface area contributed by atoms with Gasteiger partial charge < -0.3 is 20.3 Å². The predicted molar refractivity (Wildman–Crippen MR) is 95.7 cm³/mol. The van der Waals surface area contributed by atoms with Gasteiger partial charge in [-0.05, 0) is 24.1 Å². The van der Waals surface area contributed by atoms with Crippen LogP contribution in [0.15, 0.2) is 48.5 Å². The Labute approximate surface area is 159 Å². The topological polar surface area (TPSA) is 150 Å². The van der Waals surface area contributed by atoms with Crippen molar-refractivity contribution in [3.05, 3.63) is 75.3 Å². The second-order valence-corrected chi connectivity index (χ2v) is 6.13. The number of carboxylic acid groups (broad SMARTS) is 2. The number of aliphatic carboxylic acids is 1. The normalized spacial score (nSPS) is 12.6. The molecule has 0 fully saturated rings. The molecule has 1 atom stereocenters. The van der Waals surface area contributed by atoms with Gasteiger partial charge in [0, 0.05) is 18.6 Å². The van der Waals surface area contributed by atoms with E-state index in [0.717, 1.165) is 0 Å². The number of nitrogens with one attached hydrogen (secondary N) is 1. The van der Waals surface area contributed by atoms with Gasteiger partial charge in [0.15, 0.2) is 0 Å². The summed E-state index contributed by atoms with van der Waals surface area (Å²) in [7, 11) is 0. The molecule has 9 nitrogen and oxygen atoms in total. The molecule has 0 aromatic heterocycles. The molecule has 2 rings (SSSR count). The fourth-order valence-electron chi connectivity index (χ4n) is 2.76. The Kier molecular flexibility index (Phi) is 6.09. The van der Waals surface area contributed by atoms with Gasteiger partial charge in [-0.15, -0.1) is 0 Å². The van der Waals surface area contributed by atoms with E-state index >= 15 is 0 Å². The number of non-ortho nitro benzene ring substituents is 1. The number of benzene rings is 2. The van der Waals surface area contributed by atoms with Gasteiger partial charge in [0.2, 0.25) is 0 Å². The van der Waals surface area contributed by atoms with Crippen molar-refractivity contribution >= 4 is 23.5 Å². The first-order valence-electron chi connectivity index (χ1n) is 8.30. The van der Waals surface area contributed by atoms with Gasteiger partial charge in [-0.25, -0.2) is 4.79 Å². The molecule has 0 saturated heterocycles. The maximum Gasteiger partial charge on any atom is 0.336 e. The van der Waals surface area contributed by atoms with Gasteiger partial charge >= 0.3 is 5.97 Å². The van der Waals surface area contributed by atoms with E-state index in [2.05, 4.69) is 5.32 Å². The van der Waals surface area contributed by atoms with Crippen LogP contribution >= 0.6 is 0 Å². The van der Waals surface area contributed by atoms with E-state index in [4.69, 9.17) is 0 Å². The fourth-order valence-corrected chi connectivity index (χ4v) is 2.76. The van der Waals surface area contributed by atoms with Crippen molar-refractivity contribution in [1.29, 1.82) is 0 Å². The number of nitro groups is 1. The summed E-state index contributed by atoms with van der Waals surface area (Å²) in [6, 6.07) is 10.7. The second kappa shape index (κ2) is 8.30. The summed E-state index contributed by atoms with van der Waals surface area (Å²) in [6.45, 7) is 1.53. The molecule has 0 aliphatic heterocycles. The molecule has 0 bridgehead atoms. The number of carbonyl (C=O) groups excluding carboxylic acids is 2. The fraction of sp³-hybridized carbons (Fsp3) is 0.211. The largest absolute Gasteiger partial charge is 0.548 e. The summed E-state index contributed by atoms with van der Waals surface area (Å²) in [5.41, 5.74) is -1.99. The minimum Gasteiger partial charge on any atom is -0.548 e. The molecule has 2 aromatic carbocycles. The number of nitro benzene ring substituents is 1. The third-order valence-electron chi connectivity index (χ3n) is 4.40. The molecule has 0 saturated carbocycles. The summed E-state index contributed by atoms with van der Waals surface area (Å²) in [5.74, 6) is -3.74. The Bertz CT molecular complexity index is 924. The number of carboxylic acids is 2. The van der Waals surface area contributed by atoms with Crippen LogP contribution < -0.4 is 10.4 Å². The highest BCUT2D eigenvalue weighted by molar-refractivity contribution is 6.06. The summed E-state index contributed by atoms with van der Waals surface area (Å²) in [6.07, 6.45) is -0.238. The lowest BCUT2D eigenvalue weighted by Crippen LogP contribution is -2.61. The summed E-state index contributed by atoms with van der Waals surface area (Å²) >= 11 is 0. The number of rotatable bonds is 8. The molecule has 0 aliphatic carbocycles. The van der Waals surface area contributed by atoms with E-state index in [1.165, 1.54) is 55.5 Å². The average Bonchev–Trinajstić information content (AvgIpc) is 2.67. The number of hydrogen-bond acceptors (Lipinski definition) is 6. The highest BCUT2D eigenvalue weighted by Crippen LogP contribution is 2.21. The van der Waals surface area contributed by atoms with Crippen molar-refractivity contribution in [3.63, 3.8) is 0 Å². The number of nitrogens with zero attached hydrogens (tertiary/aromatic N) is 1. The van der Waals surface area contributed by atoms with E-state index in [9.17, 15) is 34.7 Å². The lowest BCUT2D eigenvalue weighted by molar-refractivity contribution is -0.384. The van der Waals surface area contributed by atoms with E-state index in [0.29, 0.717) is 5.56 Å². The zero-order valence-corrected chi connectivity index (χ0v) is 14.9. The van der Waals surface area contributed by atoms with Crippen molar-refractivity contribution in [3.8, 4) is 0 Å². The Hall–Kier alpha value is -3.75. The quantitative estimate of drug-likeness (QED) is 0.511. The first-order valence-corrected chi connectivity index (χ1v) is 8.30. The molecular formula is C19H17N2O7-. The van der Waals surface area contributed by atoms with Crippen molar-refractivity contribution in [2.75, 3.05) is 0 Å². The van der Waals surface area contributed by atoms with Gasteiger partial charge in [0.05, 0.1) is 27.6 Å². The Morgan fingerprint density at radius 3 is 2.11 bits per heavy atom. The lowest BCUT2D eigenvalue weighted by atomic mass is 9.87. The van der Waals surface area contributed by atoms with Crippen molar-refractivity contribution in [2.45, 2.75) is 25.3 Å². The number of amides is 1. The monoisotopic (exact) mass is 385 g/mol. The second-order valence-electron chi connectivity index (χ2n) is 6.13. The van der Waals surface area contributed by atoms with E-state index in [1.54, 1.807) is 0 Å². The van der Waals surface area contributed by atoms with E-state index in [-0.39, 0.29) is 29.7 Å². The van der Waals surface area contributed by atoms with Crippen LogP contribution in [0, 0.1) is 10.1 Å². The van der Waals surface area contributed by atoms with Crippen LogP contribution in [-0.2, 0) is 11.2 Å². The minimum absolute atomic E-state index is 0.0483. The van der Waals surface area contributed by atoms with Crippen LogP contribution in [0.1, 0.15) is 39.6 Å². The maximum absolute atomic E-state index is 12.6. The number of carbonyl (C=O) groups is 3. The molecule has 0 aliphatic rings. The van der Waals surface area contributed by atoms with Gasteiger partial charge in [-0.1, -0.05) is 31.2 Å². The predicted octanol–water partition coefficient (Wildman–Crippen LogP) is 1.16. The molecule has 0 spiro atoms. The third-order valence-corrected chi connectivity index (χ3v) is 4.40. The van der Waals surface area contributed by atoms with Gasteiger partial charge in [0.1, 0.15) is 0 Å². The van der Waals surface area contributed by atoms with Crippen LogP contribution in [0.25, 0.3) is 0 Å². The van der Waals surface area contributed by atoms with Crippen LogP contribution in [-0.4, -0.2) is 33.4 Å². The smallest absolute Gasteiger partial charge is 0.336 e. The zero-order valence-electron chi connectivity index (χ0n) is 14.9. The number of hydrogen-bond donors (Lipinski definition) is 2. The van der Waals surface area contributed by atoms with Gasteiger partial charge in [-0.2, -0.15) is 0 Å². The molecule has 0 heterocycles.